The van der Waals surface area contributed by atoms with Gasteiger partial charge in [0, 0.05) is 63.4 Å². The van der Waals surface area contributed by atoms with Crippen LogP contribution in [0.5, 0.6) is 0 Å². The molecule has 4 heteroatoms. The number of pyridine rings is 4. The third kappa shape index (κ3) is 9.48. The summed E-state index contributed by atoms with van der Waals surface area (Å²) in [5, 5.41) is 0. The van der Waals surface area contributed by atoms with Gasteiger partial charge in [0.25, 0.3) is 0 Å². The zero-order valence-electron chi connectivity index (χ0n) is 50.7. The van der Waals surface area contributed by atoms with Crippen molar-refractivity contribution < 1.29 is 0 Å². The third-order valence-corrected chi connectivity index (χ3v) is 18.9. The van der Waals surface area contributed by atoms with Crippen LogP contribution in [0.4, 0.5) is 0 Å². The van der Waals surface area contributed by atoms with E-state index in [4.69, 9.17) is 15.0 Å². The minimum absolute atomic E-state index is 0.0747. The van der Waals surface area contributed by atoms with Gasteiger partial charge < -0.3 is 0 Å². The number of fused-ring (bicyclic) bond motifs is 6. The van der Waals surface area contributed by atoms with E-state index in [0.717, 1.165) is 101 Å². The van der Waals surface area contributed by atoms with Gasteiger partial charge in [-0.2, -0.15) is 0 Å². The van der Waals surface area contributed by atoms with E-state index in [1.165, 1.54) is 66.8 Å². The smallest absolute Gasteiger partial charge is 0.0886 e. The van der Waals surface area contributed by atoms with E-state index in [1.807, 2.05) is 43.0 Å². The van der Waals surface area contributed by atoms with Gasteiger partial charge in [-0.25, -0.2) is 0 Å². The van der Waals surface area contributed by atoms with Gasteiger partial charge >= 0.3 is 0 Å². The third-order valence-electron chi connectivity index (χ3n) is 18.9. The largest absolute Gasteiger partial charge is 0.256 e. The Kier molecular flexibility index (Phi) is 13.2. The molecular formula is C86H62N4. The summed E-state index contributed by atoms with van der Waals surface area (Å²) < 4.78 is 0. The van der Waals surface area contributed by atoms with Crippen LogP contribution in [0.3, 0.4) is 0 Å². The molecule has 0 radical (unpaired) electrons. The number of nitrogens with zero attached hydrogens (tertiary/aromatic N) is 4. The second kappa shape index (κ2) is 21.9. The highest BCUT2D eigenvalue weighted by Gasteiger charge is 2.36. The van der Waals surface area contributed by atoms with E-state index >= 15 is 0 Å². The van der Waals surface area contributed by atoms with Crippen LogP contribution in [-0.4, -0.2) is 19.9 Å². The summed E-state index contributed by atoms with van der Waals surface area (Å²) in [6.07, 6.45) is 7.85. The van der Waals surface area contributed by atoms with Gasteiger partial charge in [0.2, 0.25) is 0 Å². The molecule has 4 nitrogen and oxygen atoms in total. The normalized spacial score (nSPS) is 13.1. The Morgan fingerprint density at radius 2 is 0.489 bits per heavy atom. The monoisotopic (exact) mass is 1150 g/mol. The van der Waals surface area contributed by atoms with E-state index in [-0.39, 0.29) is 10.8 Å². The zero-order chi connectivity index (χ0) is 60.5. The molecule has 426 valence electrons. The summed E-state index contributed by atoms with van der Waals surface area (Å²) in [4.78, 5) is 19.9. The number of benzene rings is 10. The van der Waals surface area contributed by atoms with Gasteiger partial charge in [0.15, 0.2) is 0 Å². The minimum Gasteiger partial charge on any atom is -0.256 e. The topological polar surface area (TPSA) is 51.6 Å². The highest BCUT2D eigenvalue weighted by Crippen LogP contribution is 2.52. The first-order chi connectivity index (χ1) is 44.1. The van der Waals surface area contributed by atoms with Crippen LogP contribution in [0.15, 0.2) is 304 Å². The van der Waals surface area contributed by atoms with Crippen LogP contribution in [0.1, 0.15) is 49.9 Å². The molecule has 0 spiro atoms. The Morgan fingerprint density at radius 3 is 0.867 bits per heavy atom. The first kappa shape index (κ1) is 54.2. The van der Waals surface area contributed by atoms with Crippen LogP contribution in [-0.2, 0) is 10.8 Å². The van der Waals surface area contributed by atoms with Gasteiger partial charge in [0.1, 0.15) is 0 Å². The summed E-state index contributed by atoms with van der Waals surface area (Å²) in [6.45, 7) is 9.36. The number of hydrogen-bond donors (Lipinski definition) is 0. The standard InChI is InChI=1S/C86H62N4/c1-85(2)77-31-13-11-29-73(77)75-39-34-57(50-79(75)85)55-19-17-21-59(45-55)81-41-36-61(52-88-81)67-23-5-8-26-70(67)64-47-65(49-66(48-64)72-28-10-7-25-69(72)63-38-43-84(90-54-63)83-33-15-16-44-87-83)71-27-9-6-24-68(71)62-37-42-82(89-53-62)60-22-18-20-56(46-60)58-35-40-76-74-30-12-14-32-78(74)86(3,4)80(76)51-58/h5-54H,1-4H3. The SMILES string of the molecule is CC1(C)c2ccccc2-c2ccc(-c3cccc(-c4ccc(-c5ccccc5-c5cc(-c6ccccc6-c6ccc(-c7cccc(-c8ccc9c(c8)C(C)(C)c8ccccc8-9)c7)nc6)cc(-c6ccccc6-c6ccc(-c7ccccn7)nc6)c5)cn4)c3)cc21. The van der Waals surface area contributed by atoms with Crippen LogP contribution in [0.2, 0.25) is 0 Å². The number of aromatic nitrogens is 4. The molecule has 4 aromatic heterocycles. The Hall–Kier alpha value is -11.2. The second-order valence-electron chi connectivity index (χ2n) is 25.0. The molecule has 0 N–H and O–H groups in total. The summed E-state index contributed by atoms with van der Waals surface area (Å²) in [5.41, 5.74) is 34.1. The average molecular weight is 1150 g/mol. The minimum atomic E-state index is -0.0747. The molecule has 0 saturated heterocycles. The fraction of sp³-hybridized carbons (Fsp3) is 0.0698. The molecule has 90 heavy (non-hydrogen) atoms. The molecule has 0 fully saturated rings. The lowest BCUT2D eigenvalue weighted by atomic mass is 9.81. The van der Waals surface area contributed by atoms with Crippen molar-refractivity contribution in [1.82, 2.24) is 19.9 Å². The maximum atomic E-state index is 5.20. The van der Waals surface area contributed by atoms with Crippen molar-refractivity contribution in [3.05, 3.63) is 326 Å². The predicted octanol–water partition coefficient (Wildman–Crippen LogP) is 22.2. The molecule has 0 bridgehead atoms. The maximum Gasteiger partial charge on any atom is 0.0886 e. The van der Waals surface area contributed by atoms with Gasteiger partial charge in [-0.3, -0.25) is 19.9 Å². The first-order valence-corrected chi connectivity index (χ1v) is 31.1. The summed E-state index contributed by atoms with van der Waals surface area (Å²) in [6, 6.07) is 101. The number of rotatable bonds is 11. The van der Waals surface area contributed by atoms with Crippen molar-refractivity contribution >= 4 is 0 Å². The van der Waals surface area contributed by atoms with E-state index in [2.05, 4.69) is 294 Å². The summed E-state index contributed by atoms with van der Waals surface area (Å²) >= 11 is 0. The summed E-state index contributed by atoms with van der Waals surface area (Å²) in [7, 11) is 0. The number of hydrogen-bond acceptors (Lipinski definition) is 4. The van der Waals surface area contributed by atoms with Crippen LogP contribution < -0.4 is 0 Å². The van der Waals surface area contributed by atoms with E-state index in [1.54, 1.807) is 0 Å². The molecule has 14 aromatic rings. The van der Waals surface area contributed by atoms with Gasteiger partial charge in [-0.1, -0.05) is 234 Å². The molecule has 2 aliphatic rings. The van der Waals surface area contributed by atoms with Crippen molar-refractivity contribution in [1.29, 1.82) is 0 Å². The first-order valence-electron chi connectivity index (χ1n) is 31.1. The molecule has 16 rings (SSSR count). The summed E-state index contributed by atoms with van der Waals surface area (Å²) in [5.74, 6) is 0. The van der Waals surface area contributed by atoms with E-state index < -0.39 is 0 Å². The Labute approximate surface area is 526 Å². The van der Waals surface area contributed by atoms with Crippen molar-refractivity contribution in [2.24, 2.45) is 0 Å². The second-order valence-corrected chi connectivity index (χ2v) is 25.0. The quantitative estimate of drug-likeness (QED) is 0.129. The fourth-order valence-corrected chi connectivity index (χ4v) is 14.2. The van der Waals surface area contributed by atoms with Crippen molar-refractivity contribution in [2.45, 2.75) is 38.5 Å². The zero-order valence-corrected chi connectivity index (χ0v) is 50.7. The van der Waals surface area contributed by atoms with Crippen molar-refractivity contribution in [3.63, 3.8) is 0 Å². The lowest BCUT2D eigenvalue weighted by Crippen LogP contribution is -2.14. The molecule has 0 aliphatic heterocycles. The Balaban J connectivity index is 0.753. The van der Waals surface area contributed by atoms with Crippen LogP contribution >= 0.6 is 0 Å². The highest BCUT2D eigenvalue weighted by atomic mass is 14.8. The lowest BCUT2D eigenvalue weighted by molar-refractivity contribution is 0.660. The molecular weight excluding hydrogens is 1090 g/mol. The Bertz CT molecular complexity index is 4840. The molecule has 0 unspecified atom stereocenters. The fourth-order valence-electron chi connectivity index (χ4n) is 14.2. The van der Waals surface area contributed by atoms with E-state index in [0.29, 0.717) is 0 Å². The molecule has 10 aromatic carbocycles. The van der Waals surface area contributed by atoms with Gasteiger partial charge in [0.05, 0.1) is 22.8 Å². The average Bonchev–Trinajstić information content (AvgIpc) is 1.59. The van der Waals surface area contributed by atoms with Gasteiger partial charge in [-0.05, 0) is 190 Å². The molecule has 4 heterocycles. The van der Waals surface area contributed by atoms with Gasteiger partial charge in [-0.15, -0.1) is 0 Å². The maximum absolute atomic E-state index is 5.20. The molecule has 0 amide bonds. The predicted molar refractivity (Wildman–Crippen MR) is 373 cm³/mol. The lowest BCUT2D eigenvalue weighted by Gasteiger charge is -2.22. The van der Waals surface area contributed by atoms with Crippen molar-refractivity contribution in [2.75, 3.05) is 0 Å². The van der Waals surface area contributed by atoms with Crippen LogP contribution in [0.25, 0.3) is 145 Å². The van der Waals surface area contributed by atoms with Crippen LogP contribution in [0, 0.1) is 0 Å². The molecule has 2 aliphatic carbocycles. The molecule has 0 saturated carbocycles. The molecule has 0 atom stereocenters. The highest BCUT2D eigenvalue weighted by molar-refractivity contribution is 5.95. The van der Waals surface area contributed by atoms with Crippen molar-refractivity contribution in [3.8, 4) is 145 Å². The Morgan fingerprint density at radius 1 is 0.189 bits per heavy atom. The van der Waals surface area contributed by atoms with E-state index in [9.17, 15) is 0 Å².